The fourth-order valence-electron chi connectivity index (χ4n) is 3.10. The molecule has 1 unspecified atom stereocenters. The normalized spacial score (nSPS) is 17.5. The van der Waals surface area contributed by atoms with E-state index in [2.05, 4.69) is 43.6 Å². The van der Waals surface area contributed by atoms with Crippen molar-refractivity contribution in [3.63, 3.8) is 0 Å². The summed E-state index contributed by atoms with van der Waals surface area (Å²) in [6.07, 6.45) is 3.62. The summed E-state index contributed by atoms with van der Waals surface area (Å²) < 4.78 is 1.94. The summed E-state index contributed by atoms with van der Waals surface area (Å²) >= 11 is 0. The van der Waals surface area contributed by atoms with Crippen molar-refractivity contribution in [1.82, 2.24) is 19.4 Å². The number of hydrogen-bond donors (Lipinski definition) is 0. The molecule has 2 rings (SSSR count). The van der Waals surface area contributed by atoms with Crippen molar-refractivity contribution in [3.05, 3.63) is 18.2 Å². The average Bonchev–Trinajstić information content (AvgIpc) is 2.96. The fourth-order valence-corrected chi connectivity index (χ4v) is 3.10. The summed E-state index contributed by atoms with van der Waals surface area (Å²) in [7, 11) is 0. The van der Waals surface area contributed by atoms with Crippen molar-refractivity contribution in [2.24, 2.45) is 5.92 Å². The first-order valence-electron chi connectivity index (χ1n) is 8.36. The predicted octanol–water partition coefficient (Wildman–Crippen LogP) is 1.70. The first kappa shape index (κ1) is 17.5. The number of nitriles is 1. The zero-order valence-electron chi connectivity index (χ0n) is 14.6. The van der Waals surface area contributed by atoms with Crippen LogP contribution in [-0.2, 0) is 11.3 Å². The number of carbonyl (C=O) groups excluding carboxylic acids is 1. The van der Waals surface area contributed by atoms with Gasteiger partial charge in [0.05, 0.1) is 6.07 Å². The largest absolute Gasteiger partial charge is 0.339 e. The number of carbonyl (C=O) groups is 1. The molecule has 1 aromatic heterocycles. The second kappa shape index (κ2) is 7.60. The maximum absolute atomic E-state index is 12.5. The molecule has 1 aromatic rings. The molecule has 1 amide bonds. The van der Waals surface area contributed by atoms with E-state index >= 15 is 0 Å². The molecule has 0 N–H and O–H groups in total. The average molecular weight is 317 g/mol. The maximum Gasteiger partial charge on any atom is 0.242 e. The minimum Gasteiger partial charge on any atom is -0.339 e. The Kier molecular flexibility index (Phi) is 5.78. The number of nitrogens with zero attached hydrogens (tertiary/aromatic N) is 5. The minimum absolute atomic E-state index is 0.0616. The molecule has 0 aromatic carbocycles. The summed E-state index contributed by atoms with van der Waals surface area (Å²) in [5.41, 5.74) is 0. The lowest BCUT2D eigenvalue weighted by Crippen LogP contribution is -2.53. The second-order valence-corrected chi connectivity index (χ2v) is 6.80. The Hall–Kier alpha value is -1.87. The van der Waals surface area contributed by atoms with Gasteiger partial charge in [-0.2, -0.15) is 5.26 Å². The summed E-state index contributed by atoms with van der Waals surface area (Å²) in [6.45, 7) is 11.6. The summed E-state index contributed by atoms with van der Waals surface area (Å²) in [6, 6.07) is 2.32. The van der Waals surface area contributed by atoms with E-state index in [1.807, 2.05) is 15.7 Å². The fraction of sp³-hybridized carbons (Fsp3) is 0.706. The zero-order chi connectivity index (χ0) is 17.0. The van der Waals surface area contributed by atoms with E-state index in [4.69, 9.17) is 0 Å². The van der Waals surface area contributed by atoms with Gasteiger partial charge in [-0.05, 0) is 5.92 Å². The number of amides is 1. The lowest BCUT2D eigenvalue weighted by atomic mass is 10.0. The molecule has 1 aliphatic rings. The Morgan fingerprint density at radius 1 is 1.26 bits per heavy atom. The molecule has 23 heavy (non-hydrogen) atoms. The number of imidazole rings is 1. The number of rotatable bonds is 5. The van der Waals surface area contributed by atoms with Gasteiger partial charge in [0.1, 0.15) is 18.4 Å². The molecule has 0 spiro atoms. The molecular weight excluding hydrogens is 290 g/mol. The SMILES string of the molecule is CC(C)c1nccn1CC(=O)N1CCN(C(C#N)C(C)C)CC1. The van der Waals surface area contributed by atoms with Crippen molar-refractivity contribution in [3.8, 4) is 6.07 Å². The van der Waals surface area contributed by atoms with E-state index in [0.717, 1.165) is 18.9 Å². The van der Waals surface area contributed by atoms with E-state index in [-0.39, 0.29) is 11.9 Å². The lowest BCUT2D eigenvalue weighted by Gasteiger charge is -2.38. The molecule has 1 fully saturated rings. The van der Waals surface area contributed by atoms with Gasteiger partial charge in [-0.1, -0.05) is 27.7 Å². The van der Waals surface area contributed by atoms with E-state index in [0.29, 0.717) is 31.5 Å². The third-order valence-electron chi connectivity index (χ3n) is 4.39. The van der Waals surface area contributed by atoms with Crippen molar-refractivity contribution in [2.45, 2.75) is 46.2 Å². The topological polar surface area (TPSA) is 65.2 Å². The molecule has 126 valence electrons. The molecule has 1 saturated heterocycles. The van der Waals surface area contributed by atoms with Crippen molar-refractivity contribution < 1.29 is 4.79 Å². The molecule has 1 atom stereocenters. The maximum atomic E-state index is 12.5. The second-order valence-electron chi connectivity index (χ2n) is 6.80. The Morgan fingerprint density at radius 3 is 2.43 bits per heavy atom. The van der Waals surface area contributed by atoms with Gasteiger partial charge < -0.3 is 9.47 Å². The Labute approximate surface area is 138 Å². The first-order chi connectivity index (χ1) is 10.9. The van der Waals surface area contributed by atoms with Crippen LogP contribution in [0.2, 0.25) is 0 Å². The van der Waals surface area contributed by atoms with E-state index < -0.39 is 0 Å². The van der Waals surface area contributed by atoms with Crippen LogP contribution in [-0.4, -0.2) is 57.5 Å². The quantitative estimate of drug-likeness (QED) is 0.829. The molecule has 0 radical (unpaired) electrons. The Bertz CT molecular complexity index is 564. The molecule has 6 nitrogen and oxygen atoms in total. The van der Waals surface area contributed by atoms with Gasteiger partial charge in [-0.25, -0.2) is 4.98 Å². The van der Waals surface area contributed by atoms with Crippen molar-refractivity contribution in [1.29, 1.82) is 5.26 Å². The molecule has 6 heteroatoms. The van der Waals surface area contributed by atoms with Gasteiger partial charge in [0, 0.05) is 44.5 Å². The van der Waals surface area contributed by atoms with E-state index in [9.17, 15) is 10.1 Å². The van der Waals surface area contributed by atoms with Crippen molar-refractivity contribution in [2.75, 3.05) is 26.2 Å². The van der Waals surface area contributed by atoms with Gasteiger partial charge in [0.25, 0.3) is 0 Å². The minimum atomic E-state index is -0.0616. The van der Waals surface area contributed by atoms with Gasteiger partial charge in [0.15, 0.2) is 0 Å². The number of piperazine rings is 1. The molecule has 0 bridgehead atoms. The predicted molar refractivity (Wildman–Crippen MR) is 88.7 cm³/mol. The molecule has 0 aliphatic carbocycles. The van der Waals surface area contributed by atoms with E-state index in [1.165, 1.54) is 0 Å². The van der Waals surface area contributed by atoms with Gasteiger partial charge in [0.2, 0.25) is 5.91 Å². The zero-order valence-corrected chi connectivity index (χ0v) is 14.6. The molecule has 1 aliphatic heterocycles. The van der Waals surface area contributed by atoms with Crippen LogP contribution in [0.3, 0.4) is 0 Å². The first-order valence-corrected chi connectivity index (χ1v) is 8.36. The Balaban J connectivity index is 1.91. The Morgan fingerprint density at radius 2 is 1.91 bits per heavy atom. The van der Waals surface area contributed by atoms with Gasteiger partial charge >= 0.3 is 0 Å². The summed E-state index contributed by atoms with van der Waals surface area (Å²) in [5, 5.41) is 9.29. The third kappa shape index (κ3) is 4.11. The van der Waals surface area contributed by atoms with Gasteiger partial charge in [-0.15, -0.1) is 0 Å². The number of aromatic nitrogens is 2. The molecule has 0 saturated carbocycles. The monoisotopic (exact) mass is 317 g/mol. The third-order valence-corrected chi connectivity index (χ3v) is 4.39. The smallest absolute Gasteiger partial charge is 0.242 e. The highest BCUT2D eigenvalue weighted by Gasteiger charge is 2.27. The van der Waals surface area contributed by atoms with Gasteiger partial charge in [-0.3, -0.25) is 9.69 Å². The highest BCUT2D eigenvalue weighted by molar-refractivity contribution is 5.76. The lowest BCUT2D eigenvalue weighted by molar-refractivity contribution is -0.133. The standard InChI is InChI=1S/C17H27N5O/c1-13(2)15(11-18)20-7-9-21(10-8-20)16(23)12-22-6-5-19-17(22)14(3)4/h5-6,13-15H,7-10,12H2,1-4H3. The molecule has 2 heterocycles. The van der Waals surface area contributed by atoms with E-state index in [1.54, 1.807) is 6.20 Å². The summed E-state index contributed by atoms with van der Waals surface area (Å²) in [4.78, 5) is 20.9. The molecular formula is C17H27N5O. The van der Waals surface area contributed by atoms with Crippen LogP contribution in [0.4, 0.5) is 0 Å². The van der Waals surface area contributed by atoms with Crippen LogP contribution in [0.1, 0.15) is 39.4 Å². The number of hydrogen-bond acceptors (Lipinski definition) is 4. The summed E-state index contributed by atoms with van der Waals surface area (Å²) in [5.74, 6) is 1.68. The van der Waals surface area contributed by atoms with Crippen LogP contribution in [0.5, 0.6) is 0 Å². The van der Waals surface area contributed by atoms with Crippen LogP contribution >= 0.6 is 0 Å². The highest BCUT2D eigenvalue weighted by Crippen LogP contribution is 2.15. The van der Waals surface area contributed by atoms with Crippen LogP contribution in [0, 0.1) is 17.2 Å². The highest BCUT2D eigenvalue weighted by atomic mass is 16.2. The van der Waals surface area contributed by atoms with Crippen LogP contribution in [0.25, 0.3) is 0 Å². The van der Waals surface area contributed by atoms with Crippen LogP contribution in [0.15, 0.2) is 12.4 Å². The van der Waals surface area contributed by atoms with Crippen LogP contribution < -0.4 is 0 Å². The van der Waals surface area contributed by atoms with Crippen molar-refractivity contribution >= 4 is 5.91 Å².